The number of hydrogen-bond acceptors (Lipinski definition) is 3. The molecule has 0 spiro atoms. The molecule has 0 aliphatic heterocycles. The third kappa shape index (κ3) is 3.54. The quantitative estimate of drug-likeness (QED) is 0.770. The lowest BCUT2D eigenvalue weighted by atomic mass is 10.1. The second kappa shape index (κ2) is 5.80. The van der Waals surface area contributed by atoms with Crippen LogP contribution in [0, 0.1) is 0 Å². The minimum absolute atomic E-state index is 0.247. The molecule has 5 heteroatoms. The Morgan fingerprint density at radius 1 is 1.41 bits per heavy atom. The van der Waals surface area contributed by atoms with Crippen LogP contribution in [-0.2, 0) is 11.2 Å². The summed E-state index contributed by atoms with van der Waals surface area (Å²) in [4.78, 5) is 10.4. The third-order valence-corrected chi connectivity index (χ3v) is 3.33. The van der Waals surface area contributed by atoms with E-state index in [1.165, 1.54) is 25.7 Å². The summed E-state index contributed by atoms with van der Waals surface area (Å²) in [5.74, 6) is -0.723. The number of carboxylic acid groups (broad SMARTS) is 1. The van der Waals surface area contributed by atoms with Crippen LogP contribution in [0.2, 0.25) is 0 Å². The van der Waals surface area contributed by atoms with Gasteiger partial charge >= 0.3 is 5.97 Å². The van der Waals surface area contributed by atoms with E-state index >= 15 is 0 Å². The zero-order chi connectivity index (χ0) is 12.1. The molecular weight excluding hydrogens is 218 g/mol. The lowest BCUT2D eigenvalue weighted by molar-refractivity contribution is -0.137. The number of rotatable bonds is 6. The highest BCUT2D eigenvalue weighted by Gasteiger charge is 2.17. The number of unbranched alkanes of at least 4 members (excludes halogenated alkanes) is 1. The van der Waals surface area contributed by atoms with E-state index in [0.717, 1.165) is 18.5 Å². The Hall–Kier alpha value is -1.39. The van der Waals surface area contributed by atoms with Crippen molar-refractivity contribution in [2.75, 3.05) is 0 Å². The number of hydrogen-bond donors (Lipinski definition) is 1. The fourth-order valence-corrected chi connectivity index (χ4v) is 2.36. The summed E-state index contributed by atoms with van der Waals surface area (Å²) >= 11 is 0. The molecule has 2 rings (SSSR count). The van der Waals surface area contributed by atoms with Gasteiger partial charge in [-0.2, -0.15) is 0 Å². The van der Waals surface area contributed by atoms with E-state index in [1.54, 1.807) is 0 Å². The van der Waals surface area contributed by atoms with E-state index in [9.17, 15) is 4.79 Å². The molecule has 0 amide bonds. The summed E-state index contributed by atoms with van der Waals surface area (Å²) in [6, 6.07) is 0.537. The molecule has 0 radical (unpaired) electrons. The molecule has 5 nitrogen and oxygen atoms in total. The second-order valence-corrected chi connectivity index (χ2v) is 4.73. The predicted octanol–water partition coefficient (Wildman–Crippen LogP) is 2.19. The highest BCUT2D eigenvalue weighted by Crippen LogP contribution is 2.28. The van der Waals surface area contributed by atoms with Gasteiger partial charge < -0.3 is 5.11 Å². The Balaban J connectivity index is 1.75. The maximum Gasteiger partial charge on any atom is 0.303 e. The van der Waals surface area contributed by atoms with Gasteiger partial charge in [0.25, 0.3) is 0 Å². The van der Waals surface area contributed by atoms with Crippen LogP contribution in [0.3, 0.4) is 0 Å². The molecule has 1 aromatic rings. The van der Waals surface area contributed by atoms with Gasteiger partial charge in [0.05, 0.1) is 11.7 Å². The number of aryl methyl sites for hydroxylation is 1. The molecular formula is C12H19N3O2. The number of nitrogens with zero attached hydrogens (tertiary/aromatic N) is 3. The predicted molar refractivity (Wildman–Crippen MR) is 62.7 cm³/mol. The molecule has 1 heterocycles. The van der Waals surface area contributed by atoms with Crippen LogP contribution in [-0.4, -0.2) is 26.1 Å². The van der Waals surface area contributed by atoms with E-state index < -0.39 is 5.97 Å². The van der Waals surface area contributed by atoms with Gasteiger partial charge in [0.2, 0.25) is 0 Å². The highest BCUT2D eigenvalue weighted by molar-refractivity contribution is 5.66. The van der Waals surface area contributed by atoms with Crippen molar-refractivity contribution in [1.82, 2.24) is 15.0 Å². The monoisotopic (exact) mass is 237 g/mol. The summed E-state index contributed by atoms with van der Waals surface area (Å²) in [7, 11) is 0. The molecule has 94 valence electrons. The second-order valence-electron chi connectivity index (χ2n) is 4.73. The number of carboxylic acids is 1. The van der Waals surface area contributed by atoms with E-state index in [4.69, 9.17) is 5.11 Å². The maximum absolute atomic E-state index is 10.4. The number of carbonyl (C=O) groups is 1. The van der Waals surface area contributed by atoms with Crippen molar-refractivity contribution in [3.63, 3.8) is 0 Å². The molecule has 1 aromatic heterocycles. The third-order valence-electron chi connectivity index (χ3n) is 3.33. The largest absolute Gasteiger partial charge is 0.481 e. The van der Waals surface area contributed by atoms with Gasteiger partial charge in [0.1, 0.15) is 0 Å². The zero-order valence-corrected chi connectivity index (χ0v) is 10.0. The van der Waals surface area contributed by atoms with Crippen LogP contribution in [0.25, 0.3) is 0 Å². The van der Waals surface area contributed by atoms with Crippen LogP contribution >= 0.6 is 0 Å². The first-order valence-corrected chi connectivity index (χ1v) is 6.38. The van der Waals surface area contributed by atoms with E-state index in [-0.39, 0.29) is 6.42 Å². The first kappa shape index (κ1) is 12.1. The number of aliphatic carboxylic acids is 1. The number of aromatic nitrogens is 3. The van der Waals surface area contributed by atoms with E-state index in [2.05, 4.69) is 10.3 Å². The minimum Gasteiger partial charge on any atom is -0.481 e. The molecule has 0 aromatic carbocycles. The normalized spacial score (nSPS) is 16.5. The van der Waals surface area contributed by atoms with Crippen molar-refractivity contribution >= 4 is 5.97 Å². The molecule has 1 fully saturated rings. The molecule has 1 N–H and O–H groups in total. The molecule has 1 saturated carbocycles. The van der Waals surface area contributed by atoms with E-state index in [0.29, 0.717) is 12.5 Å². The van der Waals surface area contributed by atoms with E-state index in [1.807, 2.05) is 10.9 Å². The highest BCUT2D eigenvalue weighted by atomic mass is 16.4. The summed E-state index contributed by atoms with van der Waals surface area (Å²) < 4.78 is 1.99. The van der Waals surface area contributed by atoms with Crippen LogP contribution < -0.4 is 0 Å². The Kier molecular flexibility index (Phi) is 4.12. The molecule has 17 heavy (non-hydrogen) atoms. The zero-order valence-electron chi connectivity index (χ0n) is 10.0. The van der Waals surface area contributed by atoms with Gasteiger partial charge in [0, 0.05) is 12.6 Å². The average Bonchev–Trinajstić information content (AvgIpc) is 2.94. The Bertz CT molecular complexity index is 370. The Morgan fingerprint density at radius 3 is 2.88 bits per heavy atom. The first-order valence-electron chi connectivity index (χ1n) is 6.38. The fourth-order valence-electron chi connectivity index (χ4n) is 2.36. The van der Waals surface area contributed by atoms with Crippen molar-refractivity contribution in [3.05, 3.63) is 11.9 Å². The average molecular weight is 237 g/mol. The topological polar surface area (TPSA) is 68.0 Å². The van der Waals surface area contributed by atoms with Crippen molar-refractivity contribution in [2.45, 2.75) is 57.4 Å². The van der Waals surface area contributed by atoms with Crippen LogP contribution in [0.5, 0.6) is 0 Å². The van der Waals surface area contributed by atoms with Crippen molar-refractivity contribution in [2.24, 2.45) is 0 Å². The molecule has 0 unspecified atom stereocenters. The van der Waals surface area contributed by atoms with Crippen LogP contribution in [0.4, 0.5) is 0 Å². The van der Waals surface area contributed by atoms with Gasteiger partial charge in [-0.15, -0.1) is 5.10 Å². The van der Waals surface area contributed by atoms with Gasteiger partial charge in [-0.05, 0) is 32.1 Å². The SMILES string of the molecule is O=C(O)CCCCc1cn(C2CCCC2)nn1. The first-order chi connectivity index (χ1) is 8.25. The lowest BCUT2D eigenvalue weighted by Gasteiger charge is -2.06. The molecule has 1 aliphatic rings. The summed E-state index contributed by atoms with van der Waals surface area (Å²) in [6.07, 6.45) is 9.69. The van der Waals surface area contributed by atoms with Crippen molar-refractivity contribution < 1.29 is 9.90 Å². The molecule has 0 atom stereocenters. The Morgan fingerprint density at radius 2 is 2.18 bits per heavy atom. The molecule has 0 bridgehead atoms. The van der Waals surface area contributed by atoms with Crippen molar-refractivity contribution in [1.29, 1.82) is 0 Å². The standard InChI is InChI=1S/C12H19N3O2/c16-12(17)8-4-1-5-10-9-15(14-13-10)11-6-2-3-7-11/h9,11H,1-8H2,(H,16,17). The van der Waals surface area contributed by atoms with Crippen molar-refractivity contribution in [3.8, 4) is 0 Å². The molecule has 1 aliphatic carbocycles. The minimum atomic E-state index is -0.723. The van der Waals surface area contributed by atoms with Crippen LogP contribution in [0.15, 0.2) is 6.20 Å². The van der Waals surface area contributed by atoms with Gasteiger partial charge in [-0.3, -0.25) is 4.79 Å². The molecule has 0 saturated heterocycles. The lowest BCUT2D eigenvalue weighted by Crippen LogP contribution is -2.04. The summed E-state index contributed by atoms with van der Waals surface area (Å²) in [5.41, 5.74) is 0.988. The van der Waals surface area contributed by atoms with Gasteiger partial charge in [-0.1, -0.05) is 18.1 Å². The van der Waals surface area contributed by atoms with Crippen LogP contribution in [0.1, 0.15) is 56.7 Å². The smallest absolute Gasteiger partial charge is 0.303 e. The van der Waals surface area contributed by atoms with Gasteiger partial charge in [-0.25, -0.2) is 4.68 Å². The van der Waals surface area contributed by atoms with Gasteiger partial charge in [0.15, 0.2) is 0 Å². The maximum atomic E-state index is 10.4. The summed E-state index contributed by atoms with van der Waals surface area (Å²) in [5, 5.41) is 16.8. The Labute approximate surface area is 101 Å². The fraction of sp³-hybridized carbons (Fsp3) is 0.750. The summed E-state index contributed by atoms with van der Waals surface area (Å²) in [6.45, 7) is 0.